The van der Waals surface area contributed by atoms with Crippen LogP contribution in [0.4, 0.5) is 0 Å². The zero-order valence-corrected chi connectivity index (χ0v) is 14.2. The molecule has 1 atom stereocenters. The molecule has 3 rings (SSSR count). The highest BCUT2D eigenvalue weighted by Crippen LogP contribution is 2.37. The first-order chi connectivity index (χ1) is 12.0. The summed E-state index contributed by atoms with van der Waals surface area (Å²) in [7, 11) is 1.62. The number of methoxy groups -OCH3 is 1. The van der Waals surface area contributed by atoms with Crippen LogP contribution in [0.3, 0.4) is 0 Å². The van der Waals surface area contributed by atoms with Crippen LogP contribution in [0.1, 0.15) is 51.0 Å². The third kappa shape index (κ3) is 3.20. The number of aryl methyl sites for hydroxylation is 1. The number of carboxylic acid groups (broad SMARTS) is 1. The van der Waals surface area contributed by atoms with Crippen LogP contribution in [0.5, 0.6) is 5.75 Å². The van der Waals surface area contributed by atoms with Crippen molar-refractivity contribution in [2.45, 2.75) is 25.8 Å². The molecule has 0 saturated carbocycles. The van der Waals surface area contributed by atoms with E-state index < -0.39 is 5.97 Å². The number of rotatable bonds is 4. The van der Waals surface area contributed by atoms with Gasteiger partial charge in [0.05, 0.1) is 24.4 Å². The van der Waals surface area contributed by atoms with Gasteiger partial charge in [0.25, 0.3) is 5.91 Å². The van der Waals surface area contributed by atoms with Gasteiger partial charge in [-0.2, -0.15) is 0 Å². The van der Waals surface area contributed by atoms with Gasteiger partial charge in [-0.3, -0.25) is 4.79 Å². The number of amides is 1. The number of carbonyl (C=O) groups excluding carboxylic acids is 1. The summed E-state index contributed by atoms with van der Waals surface area (Å²) >= 11 is 0. The van der Waals surface area contributed by atoms with Crippen LogP contribution in [-0.4, -0.2) is 40.5 Å². The van der Waals surface area contributed by atoms with Crippen LogP contribution in [0.15, 0.2) is 36.4 Å². The number of hydrogen-bond donors (Lipinski definition) is 1. The van der Waals surface area contributed by atoms with Crippen LogP contribution < -0.4 is 4.74 Å². The van der Waals surface area contributed by atoms with Crippen molar-refractivity contribution in [3.63, 3.8) is 0 Å². The molecular formula is C19H20N2O4. The molecule has 1 aromatic heterocycles. The van der Waals surface area contributed by atoms with E-state index in [4.69, 9.17) is 9.84 Å². The van der Waals surface area contributed by atoms with Gasteiger partial charge in [0.15, 0.2) is 0 Å². The summed E-state index contributed by atoms with van der Waals surface area (Å²) in [6.45, 7) is 2.24. The predicted octanol–water partition coefficient (Wildman–Crippen LogP) is 3.07. The molecule has 1 saturated heterocycles. The number of likely N-dealkylation sites (tertiary alicyclic amines) is 1. The molecule has 1 aromatic carbocycles. The monoisotopic (exact) mass is 340 g/mol. The molecule has 0 bridgehead atoms. The molecule has 0 spiro atoms. The highest BCUT2D eigenvalue weighted by atomic mass is 16.5. The molecule has 25 heavy (non-hydrogen) atoms. The second kappa shape index (κ2) is 6.93. The Hall–Kier alpha value is -2.89. The number of benzene rings is 1. The van der Waals surface area contributed by atoms with Crippen LogP contribution in [-0.2, 0) is 0 Å². The van der Waals surface area contributed by atoms with Crippen molar-refractivity contribution in [3.8, 4) is 5.75 Å². The Labute approximate surface area is 146 Å². The van der Waals surface area contributed by atoms with Gasteiger partial charge < -0.3 is 14.7 Å². The summed E-state index contributed by atoms with van der Waals surface area (Å²) in [5.74, 6) is -0.469. The van der Waals surface area contributed by atoms with E-state index >= 15 is 0 Å². The fraction of sp³-hybridized carbons (Fsp3) is 0.316. The molecular weight excluding hydrogens is 320 g/mol. The highest BCUT2D eigenvalue weighted by Gasteiger charge is 2.33. The van der Waals surface area contributed by atoms with Crippen LogP contribution in [0.25, 0.3) is 0 Å². The number of para-hydroxylation sites is 1. The zero-order valence-electron chi connectivity index (χ0n) is 14.2. The smallest absolute Gasteiger partial charge is 0.337 e. The molecule has 0 aliphatic carbocycles. The number of ether oxygens (including phenoxy) is 1. The van der Waals surface area contributed by atoms with E-state index in [2.05, 4.69) is 4.98 Å². The lowest BCUT2D eigenvalue weighted by Crippen LogP contribution is -2.31. The van der Waals surface area contributed by atoms with E-state index in [9.17, 15) is 9.59 Å². The highest BCUT2D eigenvalue weighted by molar-refractivity contribution is 5.95. The standard InChI is InChI=1S/C19H20N2O4/c1-12-13(19(23)24)9-10-15(20-12)18(22)21-11-5-7-16(21)14-6-3-4-8-17(14)25-2/h3-4,6,8-10,16H,5,7,11H2,1-2H3,(H,23,24). The molecule has 130 valence electrons. The molecule has 6 nitrogen and oxygen atoms in total. The summed E-state index contributed by atoms with van der Waals surface area (Å²) < 4.78 is 5.43. The van der Waals surface area contributed by atoms with Crippen LogP contribution >= 0.6 is 0 Å². The maximum Gasteiger partial charge on any atom is 0.337 e. The van der Waals surface area contributed by atoms with Crippen molar-refractivity contribution in [1.29, 1.82) is 0 Å². The largest absolute Gasteiger partial charge is 0.496 e. The van der Waals surface area contributed by atoms with Gasteiger partial charge in [0.1, 0.15) is 11.4 Å². The lowest BCUT2D eigenvalue weighted by Gasteiger charge is -2.26. The summed E-state index contributed by atoms with van der Waals surface area (Å²) in [6.07, 6.45) is 1.76. The Balaban J connectivity index is 1.91. The topological polar surface area (TPSA) is 79.7 Å². The predicted molar refractivity (Wildman–Crippen MR) is 91.9 cm³/mol. The van der Waals surface area contributed by atoms with Gasteiger partial charge in [-0.1, -0.05) is 18.2 Å². The Bertz CT molecular complexity index is 819. The fourth-order valence-corrected chi connectivity index (χ4v) is 3.33. The molecule has 1 aliphatic rings. The molecule has 1 amide bonds. The summed E-state index contributed by atoms with van der Waals surface area (Å²) in [4.78, 5) is 30.1. The van der Waals surface area contributed by atoms with E-state index in [0.29, 0.717) is 12.2 Å². The van der Waals surface area contributed by atoms with Gasteiger partial charge in [-0.25, -0.2) is 9.78 Å². The molecule has 2 heterocycles. The minimum absolute atomic E-state index is 0.0649. The number of aromatic nitrogens is 1. The Kier molecular flexibility index (Phi) is 4.70. The quantitative estimate of drug-likeness (QED) is 0.925. The fourth-order valence-electron chi connectivity index (χ4n) is 3.33. The van der Waals surface area contributed by atoms with Gasteiger partial charge in [-0.05, 0) is 38.0 Å². The lowest BCUT2D eigenvalue weighted by molar-refractivity contribution is 0.0689. The first-order valence-corrected chi connectivity index (χ1v) is 8.17. The molecule has 0 radical (unpaired) electrons. The molecule has 6 heteroatoms. The Morgan fingerprint density at radius 1 is 1.24 bits per heavy atom. The van der Waals surface area contributed by atoms with Gasteiger partial charge >= 0.3 is 5.97 Å². The van der Waals surface area contributed by atoms with E-state index in [0.717, 1.165) is 24.2 Å². The zero-order chi connectivity index (χ0) is 18.0. The van der Waals surface area contributed by atoms with Gasteiger partial charge in [0, 0.05) is 12.1 Å². The van der Waals surface area contributed by atoms with Crippen molar-refractivity contribution in [3.05, 3.63) is 58.9 Å². The number of nitrogens with zero attached hydrogens (tertiary/aromatic N) is 2. The van der Waals surface area contributed by atoms with Crippen molar-refractivity contribution < 1.29 is 19.4 Å². The number of carbonyl (C=O) groups is 2. The Morgan fingerprint density at radius 3 is 2.68 bits per heavy atom. The van der Waals surface area contributed by atoms with Crippen molar-refractivity contribution in [1.82, 2.24) is 9.88 Å². The van der Waals surface area contributed by atoms with Crippen molar-refractivity contribution in [2.75, 3.05) is 13.7 Å². The third-order valence-electron chi connectivity index (χ3n) is 4.55. The Morgan fingerprint density at radius 2 is 2.00 bits per heavy atom. The second-order valence-corrected chi connectivity index (χ2v) is 6.03. The molecule has 1 N–H and O–H groups in total. The number of pyridine rings is 1. The SMILES string of the molecule is COc1ccccc1C1CCCN1C(=O)c1ccc(C(=O)O)c(C)n1. The third-order valence-corrected chi connectivity index (χ3v) is 4.55. The average Bonchev–Trinajstić information content (AvgIpc) is 3.10. The summed E-state index contributed by atoms with van der Waals surface area (Å²) in [5, 5.41) is 9.11. The molecule has 2 aromatic rings. The van der Waals surface area contributed by atoms with E-state index in [1.165, 1.54) is 12.1 Å². The second-order valence-electron chi connectivity index (χ2n) is 6.03. The summed E-state index contributed by atoms with van der Waals surface area (Å²) in [5.41, 5.74) is 1.70. The minimum atomic E-state index is -1.04. The molecule has 1 fully saturated rings. The number of aromatic carboxylic acids is 1. The lowest BCUT2D eigenvalue weighted by atomic mass is 10.0. The summed E-state index contributed by atoms with van der Waals surface area (Å²) in [6, 6.07) is 10.6. The number of hydrogen-bond acceptors (Lipinski definition) is 4. The van der Waals surface area contributed by atoms with E-state index in [-0.39, 0.29) is 23.2 Å². The maximum absolute atomic E-state index is 12.9. The van der Waals surface area contributed by atoms with Gasteiger partial charge in [-0.15, -0.1) is 0 Å². The first-order valence-electron chi connectivity index (χ1n) is 8.17. The maximum atomic E-state index is 12.9. The minimum Gasteiger partial charge on any atom is -0.496 e. The first kappa shape index (κ1) is 17.0. The average molecular weight is 340 g/mol. The normalized spacial score (nSPS) is 16.7. The molecule has 1 unspecified atom stereocenters. The van der Waals surface area contributed by atoms with Crippen molar-refractivity contribution >= 4 is 11.9 Å². The van der Waals surface area contributed by atoms with Crippen LogP contribution in [0.2, 0.25) is 0 Å². The van der Waals surface area contributed by atoms with E-state index in [1.807, 2.05) is 24.3 Å². The number of carboxylic acids is 1. The van der Waals surface area contributed by atoms with E-state index in [1.54, 1.807) is 18.9 Å². The van der Waals surface area contributed by atoms with Gasteiger partial charge in [0.2, 0.25) is 0 Å². The van der Waals surface area contributed by atoms with Crippen molar-refractivity contribution in [2.24, 2.45) is 0 Å². The molecule has 1 aliphatic heterocycles. The van der Waals surface area contributed by atoms with Crippen LogP contribution in [0, 0.1) is 6.92 Å².